The molecule has 0 aromatic carbocycles. The first-order valence-corrected chi connectivity index (χ1v) is 10.5. The Morgan fingerprint density at radius 3 is 1.38 bits per heavy atom. The Balaban J connectivity index is 4.54. The number of hydrogen-bond donors (Lipinski definition) is 0. The zero-order chi connectivity index (χ0) is 24.0. The van der Waals surface area contributed by atoms with Crippen LogP contribution in [0.4, 0.5) is 0 Å². The van der Waals surface area contributed by atoms with Crippen LogP contribution >= 0.6 is 0 Å². The highest BCUT2D eigenvalue weighted by Gasteiger charge is 2.47. The van der Waals surface area contributed by atoms with E-state index in [1.807, 2.05) is 55.5 Å². The van der Waals surface area contributed by atoms with E-state index in [0.717, 1.165) is 33.4 Å². The van der Waals surface area contributed by atoms with Crippen molar-refractivity contribution in [2.45, 2.75) is 6.92 Å². The summed E-state index contributed by atoms with van der Waals surface area (Å²) in [5.74, 6) is 0. The van der Waals surface area contributed by atoms with E-state index in [2.05, 4.69) is 70.4 Å². The van der Waals surface area contributed by atoms with Gasteiger partial charge >= 0.3 is 0 Å². The van der Waals surface area contributed by atoms with Crippen LogP contribution < -0.4 is 0 Å². The lowest BCUT2D eigenvalue weighted by atomic mass is 9.64. The molecule has 0 atom stereocenters. The van der Waals surface area contributed by atoms with Crippen LogP contribution in [0.1, 0.15) is 6.92 Å². The molecule has 0 aliphatic heterocycles. The van der Waals surface area contributed by atoms with Gasteiger partial charge in [0.15, 0.2) is 0 Å². The van der Waals surface area contributed by atoms with Crippen molar-refractivity contribution in [2.75, 3.05) is 0 Å². The zero-order valence-corrected chi connectivity index (χ0v) is 19.3. The van der Waals surface area contributed by atoms with E-state index in [-0.39, 0.29) is 0 Å². The van der Waals surface area contributed by atoms with Crippen LogP contribution in [0.5, 0.6) is 0 Å². The molecule has 0 nitrogen and oxygen atoms in total. The topological polar surface area (TPSA) is 0 Å². The number of allylic oxidation sites excluding steroid dienone is 23. The van der Waals surface area contributed by atoms with Gasteiger partial charge in [-0.25, -0.2) is 0 Å². The standard InChI is InChI=1S/C32H34/c1-9-17-23-26(20-12-4)32(27(21-13-5)24-18-10-2)30(22-14-6)28(15-7)29(16-8)31(32)25-19-11-3/h9-25H,1-5,7-8H2,6H3/b22-14-,23-17-,24-18-,25-19-,26-20+,27-21+. The fourth-order valence-corrected chi connectivity index (χ4v) is 4.04. The monoisotopic (exact) mass is 418 g/mol. The van der Waals surface area contributed by atoms with E-state index in [1.165, 1.54) is 0 Å². The van der Waals surface area contributed by atoms with Crippen LogP contribution in [-0.2, 0) is 0 Å². The normalized spacial score (nSPS) is 17.0. The van der Waals surface area contributed by atoms with Crippen LogP contribution in [0.15, 0.2) is 183 Å². The van der Waals surface area contributed by atoms with Crippen molar-refractivity contribution in [3.05, 3.63) is 183 Å². The molecule has 0 amide bonds. The number of rotatable bonds is 13. The molecule has 0 unspecified atom stereocenters. The Morgan fingerprint density at radius 1 is 0.594 bits per heavy atom. The minimum atomic E-state index is -0.680. The van der Waals surface area contributed by atoms with Crippen molar-refractivity contribution >= 4 is 0 Å². The Bertz CT molecular complexity index is 990. The molecule has 0 aromatic rings. The molecule has 162 valence electrons. The van der Waals surface area contributed by atoms with Crippen molar-refractivity contribution < 1.29 is 0 Å². The third kappa shape index (κ3) is 5.04. The largest absolute Gasteiger partial charge is 0.0991 e. The lowest BCUT2D eigenvalue weighted by molar-refractivity contribution is 0.680. The summed E-state index contributed by atoms with van der Waals surface area (Å²) in [5, 5.41) is 0. The molecule has 0 saturated heterocycles. The maximum atomic E-state index is 4.12. The van der Waals surface area contributed by atoms with Crippen LogP contribution in [0.2, 0.25) is 0 Å². The summed E-state index contributed by atoms with van der Waals surface area (Å²) in [5.41, 5.74) is 5.52. The molecule has 1 aliphatic carbocycles. The summed E-state index contributed by atoms with van der Waals surface area (Å²) in [6.07, 6.45) is 32.9. The summed E-state index contributed by atoms with van der Waals surface area (Å²) in [7, 11) is 0. The predicted octanol–water partition coefficient (Wildman–Crippen LogP) is 8.98. The van der Waals surface area contributed by atoms with Gasteiger partial charge in [0.2, 0.25) is 0 Å². The lowest BCUT2D eigenvalue weighted by Crippen LogP contribution is -2.27. The summed E-state index contributed by atoms with van der Waals surface area (Å²) < 4.78 is 0. The highest BCUT2D eigenvalue weighted by atomic mass is 14.5. The van der Waals surface area contributed by atoms with Crippen molar-refractivity contribution in [1.29, 1.82) is 0 Å². The first-order chi connectivity index (χ1) is 15.6. The summed E-state index contributed by atoms with van der Waals surface area (Å²) >= 11 is 0. The van der Waals surface area contributed by atoms with Crippen molar-refractivity contribution in [1.82, 2.24) is 0 Å². The van der Waals surface area contributed by atoms with Crippen molar-refractivity contribution in [3.63, 3.8) is 0 Å². The Kier molecular flexibility index (Phi) is 11.0. The number of hydrogen-bond acceptors (Lipinski definition) is 0. The van der Waals surface area contributed by atoms with Gasteiger partial charge in [-0.3, -0.25) is 0 Å². The van der Waals surface area contributed by atoms with Crippen LogP contribution in [0.25, 0.3) is 0 Å². The van der Waals surface area contributed by atoms with Crippen molar-refractivity contribution in [2.24, 2.45) is 5.41 Å². The SMILES string of the molecule is C=C/C=C\C1=C(C=C)C(C=C)=C(/C=C\C)C1(C(/C=C\C=C)=C/C=C)C(/C=C\C=C)=C/C=C. The summed E-state index contributed by atoms with van der Waals surface area (Å²) in [6.45, 7) is 29.8. The lowest BCUT2D eigenvalue weighted by Gasteiger charge is -2.37. The van der Waals surface area contributed by atoms with Crippen LogP contribution in [-0.4, -0.2) is 0 Å². The van der Waals surface area contributed by atoms with Gasteiger partial charge in [-0.15, -0.1) is 0 Å². The second-order valence-electron chi connectivity index (χ2n) is 6.81. The molecule has 0 N–H and O–H groups in total. The van der Waals surface area contributed by atoms with Gasteiger partial charge in [0.25, 0.3) is 0 Å². The van der Waals surface area contributed by atoms with E-state index >= 15 is 0 Å². The molecule has 0 aromatic heterocycles. The highest BCUT2D eigenvalue weighted by molar-refractivity contribution is 5.76. The molecule has 0 spiro atoms. The summed E-state index contributed by atoms with van der Waals surface area (Å²) in [4.78, 5) is 0. The first-order valence-electron chi connectivity index (χ1n) is 10.5. The van der Waals surface area contributed by atoms with Gasteiger partial charge < -0.3 is 0 Å². The quantitative estimate of drug-likeness (QED) is 0.262. The third-order valence-electron chi connectivity index (χ3n) is 5.10. The third-order valence-corrected chi connectivity index (χ3v) is 5.10. The molecule has 0 saturated carbocycles. The fourth-order valence-electron chi connectivity index (χ4n) is 4.04. The Labute approximate surface area is 195 Å². The molecule has 0 radical (unpaired) electrons. The fraction of sp³-hybridized carbons (Fsp3) is 0.0625. The molecule has 1 aliphatic rings. The van der Waals surface area contributed by atoms with Gasteiger partial charge in [-0.1, -0.05) is 149 Å². The molecule has 0 heteroatoms. The van der Waals surface area contributed by atoms with E-state index in [1.54, 1.807) is 30.4 Å². The second-order valence-corrected chi connectivity index (χ2v) is 6.81. The van der Waals surface area contributed by atoms with Gasteiger partial charge in [0.05, 0.1) is 5.41 Å². The highest BCUT2D eigenvalue weighted by Crippen LogP contribution is 2.58. The average molecular weight is 419 g/mol. The smallest absolute Gasteiger partial charge is 0.0713 e. The second kappa shape index (κ2) is 13.4. The van der Waals surface area contributed by atoms with E-state index in [9.17, 15) is 0 Å². The van der Waals surface area contributed by atoms with E-state index in [0.29, 0.717) is 0 Å². The molecular formula is C32H34. The predicted molar refractivity (Wildman–Crippen MR) is 146 cm³/mol. The molecular weight excluding hydrogens is 384 g/mol. The maximum absolute atomic E-state index is 4.12. The van der Waals surface area contributed by atoms with Gasteiger partial charge in [-0.2, -0.15) is 0 Å². The molecule has 0 heterocycles. The Morgan fingerprint density at radius 2 is 1.03 bits per heavy atom. The minimum absolute atomic E-state index is 0.680. The maximum Gasteiger partial charge on any atom is 0.0713 e. The van der Waals surface area contributed by atoms with Crippen LogP contribution in [0, 0.1) is 5.41 Å². The molecule has 0 bridgehead atoms. The van der Waals surface area contributed by atoms with Crippen LogP contribution in [0.3, 0.4) is 0 Å². The van der Waals surface area contributed by atoms with Gasteiger partial charge in [-0.05, 0) is 40.4 Å². The van der Waals surface area contributed by atoms with Gasteiger partial charge in [0.1, 0.15) is 0 Å². The van der Waals surface area contributed by atoms with Crippen molar-refractivity contribution in [3.8, 4) is 0 Å². The molecule has 1 rings (SSSR count). The first kappa shape index (κ1) is 26.1. The zero-order valence-electron chi connectivity index (χ0n) is 19.3. The minimum Gasteiger partial charge on any atom is -0.0991 e. The van der Waals surface area contributed by atoms with E-state index in [4.69, 9.17) is 0 Å². The average Bonchev–Trinajstić information content (AvgIpc) is 3.07. The Hall–Kier alpha value is -3.90. The molecule has 0 fully saturated rings. The van der Waals surface area contributed by atoms with E-state index < -0.39 is 5.41 Å². The summed E-state index contributed by atoms with van der Waals surface area (Å²) in [6, 6.07) is 0. The van der Waals surface area contributed by atoms with Gasteiger partial charge in [0, 0.05) is 0 Å². The molecule has 32 heavy (non-hydrogen) atoms.